The lowest BCUT2D eigenvalue weighted by molar-refractivity contribution is -0.134. The van der Waals surface area contributed by atoms with Crippen LogP contribution >= 0.6 is 0 Å². The molecule has 2 aromatic carbocycles. The van der Waals surface area contributed by atoms with Gasteiger partial charge in [-0.25, -0.2) is 15.0 Å². The van der Waals surface area contributed by atoms with Crippen molar-refractivity contribution >= 4 is 38.9 Å². The zero-order valence-corrected chi connectivity index (χ0v) is 19.3. The molecular weight excluding hydrogens is 432 g/mol. The molecule has 0 fully saturated rings. The van der Waals surface area contributed by atoms with E-state index >= 15 is 0 Å². The van der Waals surface area contributed by atoms with Gasteiger partial charge in [-0.1, -0.05) is 18.2 Å². The highest BCUT2D eigenvalue weighted by atomic mass is 16.4. The number of carboxylic acid groups (broad SMARTS) is 1. The van der Waals surface area contributed by atoms with Crippen LogP contribution in [0.25, 0.3) is 44.2 Å². The first-order chi connectivity index (χ1) is 16.3. The minimum Gasteiger partial charge on any atom is -0.481 e. The number of carbonyl (C=O) groups is 1. The monoisotopic (exact) mass is 458 g/mol. The van der Waals surface area contributed by atoms with Crippen molar-refractivity contribution in [3.8, 4) is 11.3 Å². The van der Waals surface area contributed by atoms with E-state index < -0.39 is 5.97 Å². The zero-order chi connectivity index (χ0) is 24.4. The van der Waals surface area contributed by atoms with Crippen molar-refractivity contribution in [2.75, 3.05) is 6.54 Å². The van der Waals surface area contributed by atoms with Gasteiger partial charge in [0.05, 0.1) is 33.5 Å². The molecule has 0 aliphatic rings. The van der Waals surface area contributed by atoms with Crippen LogP contribution in [0.4, 0.5) is 0 Å². The Morgan fingerprint density at radius 1 is 1.06 bits per heavy atom. The van der Waals surface area contributed by atoms with Gasteiger partial charge in [0.25, 0.3) is 11.5 Å². The number of para-hydroxylation sites is 1. The molecule has 9 heteroatoms. The molecule has 0 radical (unpaired) electrons. The summed E-state index contributed by atoms with van der Waals surface area (Å²) in [6.07, 6.45) is 2.86. The number of hydrogen-bond donors (Lipinski definition) is 3. The molecule has 5 rings (SSSR count). The first kappa shape index (κ1) is 23.1. The standard InChI is InChI=1S/C23H22N6O.C2H4O2/c1-13-14(2)26-18-11-20-19(10-17(18)25-13)27-22(23(30)28-20)16-12-29(9-5-8-24)21-7-4-3-6-15(16)21;1-2(3)4/h3-4,6-7,10-12H,5,8-9,24H2,1-2H3,(H,28,30);1H3,(H,3,4). The number of rotatable bonds is 4. The first-order valence-electron chi connectivity index (χ1n) is 11.0. The summed E-state index contributed by atoms with van der Waals surface area (Å²) in [7, 11) is 0. The second-order valence-corrected chi connectivity index (χ2v) is 8.08. The molecule has 0 aliphatic carbocycles. The number of H-pyrrole nitrogens is 1. The quantitative estimate of drug-likeness (QED) is 0.350. The van der Waals surface area contributed by atoms with Crippen molar-refractivity contribution in [2.45, 2.75) is 33.7 Å². The molecule has 0 saturated heterocycles. The maximum Gasteiger partial charge on any atom is 0.300 e. The number of nitrogens with two attached hydrogens (primary N) is 1. The summed E-state index contributed by atoms with van der Waals surface area (Å²) in [4.78, 5) is 38.9. The average Bonchev–Trinajstić information content (AvgIpc) is 3.15. The van der Waals surface area contributed by atoms with Crippen molar-refractivity contribution in [3.05, 3.63) is 64.3 Å². The Bertz CT molecular complexity index is 1580. The van der Waals surface area contributed by atoms with Crippen molar-refractivity contribution in [2.24, 2.45) is 5.73 Å². The molecule has 0 unspecified atom stereocenters. The number of fused-ring (bicyclic) bond motifs is 3. The number of benzene rings is 2. The predicted molar refractivity (Wildman–Crippen MR) is 133 cm³/mol. The molecule has 5 aromatic rings. The normalized spacial score (nSPS) is 11.1. The predicted octanol–water partition coefficient (Wildman–Crippen LogP) is 3.54. The SMILES string of the molecule is CC(=O)O.Cc1nc2cc3nc(-c4cn(CCCN)c5ccccc45)c(=O)[nH]c3cc2nc1C. The topological polar surface area (TPSA) is 140 Å². The summed E-state index contributed by atoms with van der Waals surface area (Å²) in [6.45, 7) is 6.36. The van der Waals surface area contributed by atoms with E-state index in [1.807, 2.05) is 50.4 Å². The molecule has 9 nitrogen and oxygen atoms in total. The highest BCUT2D eigenvalue weighted by Crippen LogP contribution is 2.29. The van der Waals surface area contributed by atoms with Crippen LogP contribution in [-0.2, 0) is 11.3 Å². The van der Waals surface area contributed by atoms with E-state index in [9.17, 15) is 4.79 Å². The Hall–Kier alpha value is -4.11. The third-order valence-electron chi connectivity index (χ3n) is 5.54. The molecule has 4 N–H and O–H groups in total. The van der Waals surface area contributed by atoms with Crippen LogP contribution in [0.1, 0.15) is 24.7 Å². The number of hydrogen-bond acceptors (Lipinski definition) is 6. The summed E-state index contributed by atoms with van der Waals surface area (Å²) in [5.41, 5.74) is 12.4. The van der Waals surface area contributed by atoms with Crippen LogP contribution in [0.2, 0.25) is 0 Å². The van der Waals surface area contributed by atoms with Gasteiger partial charge < -0.3 is 20.4 Å². The van der Waals surface area contributed by atoms with Crippen molar-refractivity contribution < 1.29 is 9.90 Å². The van der Waals surface area contributed by atoms with E-state index in [0.29, 0.717) is 23.3 Å². The Morgan fingerprint density at radius 2 is 1.71 bits per heavy atom. The number of nitrogens with zero attached hydrogens (tertiary/aromatic N) is 4. The number of aryl methyl sites for hydroxylation is 3. The molecule has 0 bridgehead atoms. The fraction of sp³-hybridized carbons (Fsp3) is 0.240. The molecule has 0 aliphatic heterocycles. The minimum absolute atomic E-state index is 0.222. The van der Waals surface area contributed by atoms with Gasteiger partial charge in [0.2, 0.25) is 0 Å². The van der Waals surface area contributed by atoms with Crippen LogP contribution in [0.3, 0.4) is 0 Å². The molecule has 0 atom stereocenters. The van der Waals surface area contributed by atoms with Gasteiger partial charge in [0.15, 0.2) is 0 Å². The van der Waals surface area contributed by atoms with Crippen molar-refractivity contribution in [3.63, 3.8) is 0 Å². The largest absolute Gasteiger partial charge is 0.481 e. The summed E-state index contributed by atoms with van der Waals surface area (Å²) in [5.74, 6) is -0.833. The van der Waals surface area contributed by atoms with E-state index in [2.05, 4.69) is 25.6 Å². The van der Waals surface area contributed by atoms with Crippen LogP contribution in [-0.4, -0.2) is 42.1 Å². The smallest absolute Gasteiger partial charge is 0.300 e. The maximum absolute atomic E-state index is 13.0. The fourth-order valence-electron chi connectivity index (χ4n) is 3.88. The summed E-state index contributed by atoms with van der Waals surface area (Å²) < 4.78 is 2.14. The van der Waals surface area contributed by atoms with Gasteiger partial charge in [0, 0.05) is 36.1 Å². The summed E-state index contributed by atoms with van der Waals surface area (Å²) >= 11 is 0. The lowest BCUT2D eigenvalue weighted by Crippen LogP contribution is -2.11. The third-order valence-corrected chi connectivity index (χ3v) is 5.54. The number of carboxylic acids is 1. The van der Waals surface area contributed by atoms with Gasteiger partial charge in [-0.2, -0.15) is 0 Å². The van der Waals surface area contributed by atoms with Crippen molar-refractivity contribution in [1.29, 1.82) is 0 Å². The number of aliphatic carboxylic acids is 1. The second kappa shape index (κ2) is 9.40. The van der Waals surface area contributed by atoms with Crippen LogP contribution < -0.4 is 11.3 Å². The Balaban J connectivity index is 0.000000636. The molecular formula is C25H26N6O3. The molecule has 0 spiro atoms. The van der Waals surface area contributed by atoms with Gasteiger partial charge >= 0.3 is 0 Å². The number of aromatic nitrogens is 5. The lowest BCUT2D eigenvalue weighted by Gasteiger charge is -2.06. The third kappa shape index (κ3) is 4.51. The molecule has 34 heavy (non-hydrogen) atoms. The van der Waals surface area contributed by atoms with E-state index in [4.69, 9.17) is 20.6 Å². The fourth-order valence-corrected chi connectivity index (χ4v) is 3.88. The highest BCUT2D eigenvalue weighted by Gasteiger charge is 2.16. The maximum atomic E-state index is 13.0. The molecule has 3 aromatic heterocycles. The van der Waals surface area contributed by atoms with Gasteiger partial charge in [0.1, 0.15) is 5.69 Å². The van der Waals surface area contributed by atoms with E-state index in [0.717, 1.165) is 58.8 Å². The van der Waals surface area contributed by atoms with Crippen molar-refractivity contribution in [1.82, 2.24) is 24.5 Å². The lowest BCUT2D eigenvalue weighted by atomic mass is 10.1. The molecule has 174 valence electrons. The summed E-state index contributed by atoms with van der Waals surface area (Å²) in [5, 5.41) is 8.42. The molecule has 0 saturated carbocycles. The molecule has 0 amide bonds. The van der Waals surface area contributed by atoms with E-state index in [1.54, 1.807) is 0 Å². The number of nitrogens with one attached hydrogen (secondary N) is 1. The minimum atomic E-state index is -0.833. The van der Waals surface area contributed by atoms with E-state index in [-0.39, 0.29) is 5.56 Å². The average molecular weight is 459 g/mol. The van der Waals surface area contributed by atoms with Crippen LogP contribution in [0.5, 0.6) is 0 Å². The number of aromatic amines is 1. The van der Waals surface area contributed by atoms with Gasteiger partial charge in [-0.05, 0) is 45.0 Å². The Kier molecular flexibility index (Phi) is 6.38. The molecule has 3 heterocycles. The highest BCUT2D eigenvalue weighted by molar-refractivity contribution is 5.97. The summed E-state index contributed by atoms with van der Waals surface area (Å²) in [6, 6.07) is 11.8. The zero-order valence-electron chi connectivity index (χ0n) is 19.3. The first-order valence-corrected chi connectivity index (χ1v) is 11.0. The van der Waals surface area contributed by atoms with Gasteiger partial charge in [-0.3, -0.25) is 9.59 Å². The van der Waals surface area contributed by atoms with Crippen LogP contribution in [0, 0.1) is 13.8 Å². The second-order valence-electron chi connectivity index (χ2n) is 8.08. The van der Waals surface area contributed by atoms with Gasteiger partial charge in [-0.15, -0.1) is 0 Å². The Labute approximate surface area is 195 Å². The van der Waals surface area contributed by atoms with E-state index in [1.165, 1.54) is 0 Å². The Morgan fingerprint density at radius 3 is 2.38 bits per heavy atom. The van der Waals surface area contributed by atoms with Crippen LogP contribution in [0.15, 0.2) is 47.4 Å².